The van der Waals surface area contributed by atoms with Gasteiger partial charge in [0, 0.05) is 5.33 Å². The maximum absolute atomic E-state index is 12.1. The second-order valence-electron chi connectivity index (χ2n) is 10.3. The predicted molar refractivity (Wildman–Crippen MR) is 172 cm³/mol. The normalized spacial score (nSPS) is 12.0. The molecule has 0 aliphatic rings. The van der Waals surface area contributed by atoms with E-state index in [-0.39, 0.29) is 18.1 Å². The van der Waals surface area contributed by atoms with E-state index >= 15 is 0 Å². The number of aliphatic carboxylic acids is 1. The number of carboxylic acids is 1. The lowest BCUT2D eigenvalue weighted by Gasteiger charge is -2.12. The summed E-state index contributed by atoms with van der Waals surface area (Å²) in [4.78, 5) is 45.8. The van der Waals surface area contributed by atoms with Crippen molar-refractivity contribution in [1.29, 1.82) is 0 Å². The van der Waals surface area contributed by atoms with Crippen LogP contribution >= 0.6 is 15.9 Å². The molecule has 0 bridgehead atoms. The molecule has 0 spiro atoms. The van der Waals surface area contributed by atoms with Crippen molar-refractivity contribution in [2.45, 2.75) is 38.5 Å². The number of phenolic OH excluding ortho intramolecular Hbond substituents is 2. The molecule has 11 heteroatoms. The van der Waals surface area contributed by atoms with Crippen LogP contribution in [0.2, 0.25) is 0 Å². The van der Waals surface area contributed by atoms with Crippen molar-refractivity contribution < 1.29 is 48.7 Å². The first-order chi connectivity index (χ1) is 21.5. The molecule has 2 unspecified atom stereocenters. The Kier molecular flexibility index (Phi) is 13.2. The number of ether oxygens (including phenoxy) is 3. The second-order valence-corrected chi connectivity index (χ2v) is 11.0. The number of carboxylic acid groups (broad SMARTS) is 1. The molecule has 0 saturated heterocycles. The molecule has 4 rings (SSSR count). The van der Waals surface area contributed by atoms with Crippen molar-refractivity contribution in [3.05, 3.63) is 83.9 Å². The van der Waals surface area contributed by atoms with Crippen LogP contribution < -0.4 is 0 Å². The summed E-state index contributed by atoms with van der Waals surface area (Å²) in [5.41, 5.74) is 1.52. The summed E-state index contributed by atoms with van der Waals surface area (Å²) in [6.07, 6.45) is 1.69. The average Bonchev–Trinajstić information content (AvgIpc) is 3.03. The minimum absolute atomic E-state index is 0.180. The van der Waals surface area contributed by atoms with Crippen molar-refractivity contribution >= 4 is 61.4 Å². The van der Waals surface area contributed by atoms with Crippen LogP contribution in [0.5, 0.6) is 11.5 Å². The van der Waals surface area contributed by atoms with E-state index in [2.05, 4.69) is 20.7 Å². The minimum atomic E-state index is -1.18. The third-order valence-electron chi connectivity index (χ3n) is 6.86. The first kappa shape index (κ1) is 34.8. The van der Waals surface area contributed by atoms with Crippen molar-refractivity contribution in [3.8, 4) is 11.5 Å². The molecule has 0 radical (unpaired) electrons. The summed E-state index contributed by atoms with van der Waals surface area (Å²) in [5.74, 6) is -3.45. The third-order valence-corrected chi connectivity index (χ3v) is 7.42. The molecule has 238 valence electrons. The highest BCUT2D eigenvalue weighted by atomic mass is 79.9. The molecule has 4 aromatic rings. The molecule has 0 saturated carbocycles. The Labute approximate surface area is 268 Å². The molecular formula is C34H35BrO10. The molecular weight excluding hydrogens is 648 g/mol. The van der Waals surface area contributed by atoms with Gasteiger partial charge < -0.3 is 29.5 Å². The number of alkyl halides is 1. The Morgan fingerprint density at radius 1 is 0.644 bits per heavy atom. The van der Waals surface area contributed by atoms with E-state index in [0.29, 0.717) is 6.61 Å². The number of carbonyl (C=O) groups excluding carboxylic acids is 3. The Morgan fingerprint density at radius 2 is 1.09 bits per heavy atom. The zero-order valence-electron chi connectivity index (χ0n) is 24.9. The van der Waals surface area contributed by atoms with Crippen LogP contribution in [-0.2, 0) is 33.4 Å². The Bertz CT molecular complexity index is 1650. The topological polar surface area (TPSA) is 157 Å². The standard InChI is InChI=1S/C19H21BrO5.C15H14O5/c1-13(19(23)25-12-18(22)24-9-3-2-8-20)14-4-5-16-11-17(21)7-6-15(16)10-14;1-9(15(19)20-8-14(17)18)10-2-3-12-7-13(16)5-4-11(12)6-10/h4-7,10-11,13,21H,2-3,8-9,12H2,1H3;2-7,9,16H,8H2,1H3,(H,17,18). The summed E-state index contributed by atoms with van der Waals surface area (Å²) in [6, 6.07) is 20.9. The van der Waals surface area contributed by atoms with Gasteiger partial charge in [-0.15, -0.1) is 0 Å². The van der Waals surface area contributed by atoms with E-state index in [0.717, 1.165) is 50.8 Å². The molecule has 0 fully saturated rings. The van der Waals surface area contributed by atoms with Gasteiger partial charge in [-0.25, -0.2) is 9.59 Å². The average molecular weight is 684 g/mol. The van der Waals surface area contributed by atoms with E-state index in [9.17, 15) is 29.4 Å². The highest BCUT2D eigenvalue weighted by Crippen LogP contribution is 2.26. The quantitative estimate of drug-likeness (QED) is 0.0681. The maximum atomic E-state index is 12.1. The fraction of sp³-hybridized carbons (Fsp3) is 0.294. The molecule has 3 N–H and O–H groups in total. The highest BCUT2D eigenvalue weighted by Gasteiger charge is 2.20. The minimum Gasteiger partial charge on any atom is -0.508 e. The van der Waals surface area contributed by atoms with Crippen LogP contribution in [0, 0.1) is 0 Å². The molecule has 0 aliphatic carbocycles. The number of rotatable bonds is 12. The lowest BCUT2D eigenvalue weighted by Crippen LogP contribution is -2.20. The summed E-state index contributed by atoms with van der Waals surface area (Å²) < 4.78 is 14.7. The van der Waals surface area contributed by atoms with Crippen LogP contribution in [-0.4, -0.2) is 64.3 Å². The van der Waals surface area contributed by atoms with Gasteiger partial charge in [0.25, 0.3) is 0 Å². The lowest BCUT2D eigenvalue weighted by atomic mass is 9.98. The first-order valence-electron chi connectivity index (χ1n) is 14.2. The number of carbonyl (C=O) groups is 4. The number of aromatic hydroxyl groups is 2. The highest BCUT2D eigenvalue weighted by molar-refractivity contribution is 9.09. The van der Waals surface area contributed by atoms with Crippen LogP contribution in [0.25, 0.3) is 21.5 Å². The van der Waals surface area contributed by atoms with Gasteiger partial charge in [0.1, 0.15) is 11.5 Å². The number of esters is 3. The van der Waals surface area contributed by atoms with Gasteiger partial charge in [0.15, 0.2) is 13.2 Å². The van der Waals surface area contributed by atoms with Gasteiger partial charge in [-0.3, -0.25) is 9.59 Å². The number of halogens is 1. The van der Waals surface area contributed by atoms with Gasteiger partial charge in [-0.1, -0.05) is 64.5 Å². The number of fused-ring (bicyclic) bond motifs is 2. The monoisotopic (exact) mass is 682 g/mol. The lowest BCUT2D eigenvalue weighted by molar-refractivity contribution is -0.159. The number of hydrogen-bond donors (Lipinski definition) is 3. The SMILES string of the molecule is CC(C(=O)OCC(=O)O)c1ccc2cc(O)ccc2c1.CC(C(=O)OCC(=O)OCCCCBr)c1ccc2cc(O)ccc2c1. The fourth-order valence-electron chi connectivity index (χ4n) is 4.25. The van der Waals surface area contributed by atoms with Crippen LogP contribution in [0.15, 0.2) is 72.8 Å². The predicted octanol–water partition coefficient (Wildman–Crippen LogP) is 6.19. The molecule has 4 aromatic carbocycles. The Balaban J connectivity index is 0.000000251. The zero-order valence-corrected chi connectivity index (χ0v) is 26.5. The molecule has 0 amide bonds. The largest absolute Gasteiger partial charge is 0.508 e. The Hall–Kier alpha value is -4.64. The fourth-order valence-corrected chi connectivity index (χ4v) is 4.65. The number of hydrogen-bond acceptors (Lipinski definition) is 9. The summed E-state index contributed by atoms with van der Waals surface area (Å²) >= 11 is 3.30. The van der Waals surface area contributed by atoms with Crippen LogP contribution in [0.1, 0.15) is 49.7 Å². The summed E-state index contributed by atoms with van der Waals surface area (Å²) in [6.45, 7) is 2.70. The number of unbranched alkanes of at least 4 members (excludes halogenated alkanes) is 1. The van der Waals surface area contributed by atoms with Gasteiger partial charge in [-0.05, 0) is 83.6 Å². The van der Waals surface area contributed by atoms with Crippen molar-refractivity contribution in [1.82, 2.24) is 0 Å². The van der Waals surface area contributed by atoms with Gasteiger partial charge in [0.05, 0.1) is 18.4 Å². The van der Waals surface area contributed by atoms with Gasteiger partial charge in [-0.2, -0.15) is 0 Å². The molecule has 2 atom stereocenters. The van der Waals surface area contributed by atoms with E-state index in [1.807, 2.05) is 24.3 Å². The first-order valence-corrected chi connectivity index (χ1v) is 15.3. The summed E-state index contributed by atoms with van der Waals surface area (Å²) in [5, 5.41) is 31.8. The second kappa shape index (κ2) is 17.0. The summed E-state index contributed by atoms with van der Waals surface area (Å²) in [7, 11) is 0. The van der Waals surface area contributed by atoms with E-state index < -0.39 is 42.3 Å². The molecule has 0 aromatic heterocycles. The molecule has 10 nitrogen and oxygen atoms in total. The zero-order chi connectivity index (χ0) is 32.9. The van der Waals surface area contributed by atoms with Crippen molar-refractivity contribution in [2.24, 2.45) is 0 Å². The Morgan fingerprint density at radius 3 is 1.56 bits per heavy atom. The van der Waals surface area contributed by atoms with Crippen LogP contribution in [0.4, 0.5) is 0 Å². The van der Waals surface area contributed by atoms with Gasteiger partial charge in [0.2, 0.25) is 0 Å². The smallest absolute Gasteiger partial charge is 0.344 e. The van der Waals surface area contributed by atoms with Crippen molar-refractivity contribution in [3.63, 3.8) is 0 Å². The van der Waals surface area contributed by atoms with Gasteiger partial charge >= 0.3 is 23.9 Å². The molecule has 0 aliphatic heterocycles. The molecule has 45 heavy (non-hydrogen) atoms. The van der Waals surface area contributed by atoms with E-state index in [1.54, 1.807) is 62.4 Å². The van der Waals surface area contributed by atoms with E-state index in [1.165, 1.54) is 0 Å². The number of phenols is 2. The van der Waals surface area contributed by atoms with E-state index in [4.69, 9.17) is 14.6 Å². The maximum Gasteiger partial charge on any atom is 0.344 e. The third kappa shape index (κ3) is 10.8. The van der Waals surface area contributed by atoms with Crippen LogP contribution in [0.3, 0.4) is 0 Å². The van der Waals surface area contributed by atoms with Crippen molar-refractivity contribution in [2.75, 3.05) is 25.2 Å². The molecule has 0 heterocycles. The number of benzene rings is 4.